The molecule has 0 aliphatic rings. The minimum atomic E-state index is -4.48. The summed E-state index contributed by atoms with van der Waals surface area (Å²) < 4.78 is 41.4. The van der Waals surface area contributed by atoms with Gasteiger partial charge in [0.25, 0.3) is 21.6 Å². The summed E-state index contributed by atoms with van der Waals surface area (Å²) in [4.78, 5) is 22.4. The first-order chi connectivity index (χ1) is 12.6. The van der Waals surface area contributed by atoms with Crippen molar-refractivity contribution in [2.45, 2.75) is 18.7 Å². The van der Waals surface area contributed by atoms with Crippen LogP contribution in [0.3, 0.4) is 0 Å². The number of nitro groups is 1. The van der Waals surface area contributed by atoms with Gasteiger partial charge in [0.05, 0.1) is 24.7 Å². The van der Waals surface area contributed by atoms with Gasteiger partial charge in [0.15, 0.2) is 28.0 Å². The van der Waals surface area contributed by atoms with Gasteiger partial charge >= 0.3 is 0 Å². The molecular weight excluding hydrogens is 384 g/mol. The predicted octanol–water partition coefficient (Wildman–Crippen LogP) is 0.999. The van der Waals surface area contributed by atoms with Gasteiger partial charge in [-0.25, -0.2) is 13.1 Å². The summed E-state index contributed by atoms with van der Waals surface area (Å²) in [6.07, 6.45) is 0. The minimum absolute atomic E-state index is 0.0191. The minimum Gasteiger partial charge on any atom is -0.493 e. The van der Waals surface area contributed by atoms with Gasteiger partial charge in [0.2, 0.25) is 0 Å². The monoisotopic (exact) mass is 400 g/mol. The van der Waals surface area contributed by atoms with Crippen molar-refractivity contribution in [3.8, 4) is 11.5 Å². The van der Waals surface area contributed by atoms with Crippen molar-refractivity contribution >= 4 is 27.4 Å². The van der Waals surface area contributed by atoms with E-state index in [0.29, 0.717) is 0 Å². The van der Waals surface area contributed by atoms with Crippen molar-refractivity contribution in [1.82, 2.24) is 9.88 Å². The molecule has 2 rings (SSSR count). The summed E-state index contributed by atoms with van der Waals surface area (Å²) in [6, 6.07) is 1.99. The highest BCUT2D eigenvalue weighted by molar-refractivity contribution is 7.90. The number of aryl methyl sites for hydroxylation is 1. The largest absolute Gasteiger partial charge is 0.493 e. The number of carbonyl (C=O) groups is 1. The number of benzene rings is 1. The van der Waals surface area contributed by atoms with Crippen LogP contribution in [0, 0.1) is 17.0 Å². The van der Waals surface area contributed by atoms with Crippen molar-refractivity contribution < 1.29 is 32.1 Å². The number of nitro benzene ring substituents is 1. The zero-order valence-electron chi connectivity index (χ0n) is 14.5. The Kier molecular flexibility index (Phi) is 5.54. The zero-order chi connectivity index (χ0) is 20.4. The standard InChI is InChI=1S/C14H16N4O8S/c1-4-25-11-6-9(18(20)21)8(5-10(11)24-3)14(19)17-27(22,23)12-7(2)26-16-13(12)15/h5-6H,4H2,1-3H3,(H2,15,16)(H,17,19). The molecule has 146 valence electrons. The number of ether oxygens (including phenoxy) is 2. The Labute approximate surface area is 153 Å². The molecule has 1 aromatic heterocycles. The second-order valence-electron chi connectivity index (χ2n) is 5.10. The van der Waals surface area contributed by atoms with Gasteiger partial charge in [0.1, 0.15) is 5.56 Å². The van der Waals surface area contributed by atoms with E-state index in [0.717, 1.165) is 12.1 Å². The lowest BCUT2D eigenvalue weighted by Crippen LogP contribution is -2.31. The van der Waals surface area contributed by atoms with Crippen LogP contribution in [0.2, 0.25) is 0 Å². The Hall–Kier alpha value is -3.35. The summed E-state index contributed by atoms with van der Waals surface area (Å²) >= 11 is 0. The number of aromatic nitrogens is 1. The Morgan fingerprint density at radius 1 is 1.41 bits per heavy atom. The van der Waals surface area contributed by atoms with Crippen LogP contribution in [0.25, 0.3) is 0 Å². The number of hydrogen-bond donors (Lipinski definition) is 2. The van der Waals surface area contributed by atoms with Gasteiger partial charge < -0.3 is 19.7 Å². The van der Waals surface area contributed by atoms with Crippen LogP contribution in [0.5, 0.6) is 11.5 Å². The summed E-state index contributed by atoms with van der Waals surface area (Å²) in [5, 5.41) is 14.6. The number of rotatable bonds is 7. The Balaban J connectivity index is 2.50. The molecule has 0 saturated carbocycles. The summed E-state index contributed by atoms with van der Waals surface area (Å²) in [7, 11) is -3.22. The molecule has 12 nitrogen and oxygen atoms in total. The first-order valence-electron chi connectivity index (χ1n) is 7.40. The van der Waals surface area contributed by atoms with E-state index >= 15 is 0 Å². The van der Waals surface area contributed by atoms with Crippen LogP contribution in [0.1, 0.15) is 23.0 Å². The van der Waals surface area contributed by atoms with Crippen molar-refractivity contribution in [2.75, 3.05) is 19.5 Å². The molecule has 3 N–H and O–H groups in total. The highest BCUT2D eigenvalue weighted by Gasteiger charge is 2.31. The Morgan fingerprint density at radius 3 is 2.56 bits per heavy atom. The number of amides is 1. The predicted molar refractivity (Wildman–Crippen MR) is 91.1 cm³/mol. The Bertz CT molecular complexity index is 979. The average Bonchev–Trinajstić information content (AvgIpc) is 2.93. The molecule has 0 atom stereocenters. The van der Waals surface area contributed by atoms with Gasteiger partial charge in [-0.05, 0) is 13.8 Å². The van der Waals surface area contributed by atoms with Gasteiger partial charge in [-0.15, -0.1) is 0 Å². The smallest absolute Gasteiger partial charge is 0.286 e. The first-order valence-corrected chi connectivity index (χ1v) is 8.88. The number of hydrogen-bond acceptors (Lipinski definition) is 10. The normalized spacial score (nSPS) is 11.1. The quantitative estimate of drug-likeness (QED) is 0.503. The fourth-order valence-corrected chi connectivity index (χ4v) is 3.43. The Morgan fingerprint density at radius 2 is 2.07 bits per heavy atom. The molecule has 1 heterocycles. The van der Waals surface area contributed by atoms with Crippen LogP contribution < -0.4 is 19.9 Å². The molecule has 1 aromatic carbocycles. The highest BCUT2D eigenvalue weighted by atomic mass is 32.2. The van der Waals surface area contributed by atoms with Crippen molar-refractivity contribution in [1.29, 1.82) is 0 Å². The summed E-state index contributed by atoms with van der Waals surface area (Å²) in [5.41, 5.74) is 4.23. The maximum atomic E-state index is 12.5. The number of methoxy groups -OCH3 is 1. The third kappa shape index (κ3) is 3.92. The second-order valence-corrected chi connectivity index (χ2v) is 6.72. The number of nitrogens with zero attached hydrogens (tertiary/aromatic N) is 2. The molecule has 0 bridgehead atoms. The fourth-order valence-electron chi connectivity index (χ4n) is 2.25. The van der Waals surface area contributed by atoms with Crippen LogP contribution >= 0.6 is 0 Å². The van der Waals surface area contributed by atoms with Crippen molar-refractivity contribution in [3.63, 3.8) is 0 Å². The molecule has 0 radical (unpaired) electrons. The summed E-state index contributed by atoms with van der Waals surface area (Å²) in [5.74, 6) is -1.81. The molecule has 27 heavy (non-hydrogen) atoms. The number of nitrogens with two attached hydrogens (primary N) is 1. The molecule has 2 aromatic rings. The molecule has 0 unspecified atom stereocenters. The van der Waals surface area contributed by atoms with Gasteiger partial charge in [-0.2, -0.15) is 0 Å². The van der Waals surface area contributed by atoms with E-state index in [1.165, 1.54) is 14.0 Å². The maximum absolute atomic E-state index is 12.5. The number of nitrogens with one attached hydrogen (secondary N) is 1. The van der Waals surface area contributed by atoms with Gasteiger partial charge in [-0.1, -0.05) is 5.16 Å². The molecule has 0 spiro atoms. The molecule has 0 aliphatic heterocycles. The molecule has 0 aliphatic carbocycles. The lowest BCUT2D eigenvalue weighted by Gasteiger charge is -2.12. The van der Waals surface area contributed by atoms with E-state index in [2.05, 4.69) is 9.68 Å². The lowest BCUT2D eigenvalue weighted by atomic mass is 10.1. The van der Waals surface area contributed by atoms with E-state index in [-0.39, 0.29) is 23.9 Å². The third-order valence-electron chi connectivity index (χ3n) is 3.35. The van der Waals surface area contributed by atoms with Crippen LogP contribution in [0.4, 0.5) is 11.5 Å². The van der Waals surface area contributed by atoms with E-state index < -0.39 is 42.8 Å². The van der Waals surface area contributed by atoms with Crippen LogP contribution in [-0.2, 0) is 10.0 Å². The third-order valence-corrected chi connectivity index (χ3v) is 4.84. The number of sulfonamides is 1. The number of nitrogen functional groups attached to an aromatic ring is 1. The molecule has 0 fully saturated rings. The van der Waals surface area contributed by atoms with E-state index in [9.17, 15) is 23.3 Å². The highest BCUT2D eigenvalue weighted by Crippen LogP contribution is 2.35. The van der Waals surface area contributed by atoms with E-state index in [1.807, 2.05) is 0 Å². The van der Waals surface area contributed by atoms with Crippen LogP contribution in [0.15, 0.2) is 21.6 Å². The van der Waals surface area contributed by atoms with E-state index in [1.54, 1.807) is 11.6 Å². The van der Waals surface area contributed by atoms with E-state index in [4.69, 9.17) is 15.2 Å². The molecular formula is C14H16N4O8S. The topological polar surface area (TPSA) is 177 Å². The number of anilines is 1. The SMILES string of the molecule is CCOc1cc([N+](=O)[O-])c(C(=O)NS(=O)(=O)c2c(N)noc2C)cc1OC. The summed E-state index contributed by atoms with van der Waals surface area (Å²) in [6.45, 7) is 3.13. The molecule has 0 saturated heterocycles. The number of carbonyl (C=O) groups excluding carboxylic acids is 1. The average molecular weight is 400 g/mol. The molecule has 1 amide bonds. The lowest BCUT2D eigenvalue weighted by molar-refractivity contribution is -0.385. The fraction of sp³-hybridized carbons (Fsp3) is 0.286. The van der Waals surface area contributed by atoms with Crippen LogP contribution in [-0.4, -0.2) is 38.1 Å². The van der Waals surface area contributed by atoms with Crippen molar-refractivity contribution in [2.24, 2.45) is 0 Å². The second kappa shape index (κ2) is 7.49. The van der Waals surface area contributed by atoms with Gasteiger partial charge in [-0.3, -0.25) is 14.9 Å². The first kappa shape index (κ1) is 20.0. The maximum Gasteiger partial charge on any atom is 0.286 e. The van der Waals surface area contributed by atoms with Gasteiger partial charge in [0, 0.05) is 6.07 Å². The van der Waals surface area contributed by atoms with Crippen molar-refractivity contribution in [3.05, 3.63) is 33.6 Å². The zero-order valence-corrected chi connectivity index (χ0v) is 15.3. The molecule has 13 heteroatoms.